The molecule has 1 aliphatic heterocycles. The van der Waals surface area contributed by atoms with E-state index in [1.165, 1.54) is 0 Å². The average molecular weight is 505 g/mol. The zero-order valence-corrected chi connectivity index (χ0v) is 20.9. The number of nitrogens with one attached hydrogen (secondary N) is 2. The molecule has 4 bridgehead atoms. The smallest absolute Gasteiger partial charge is 0.264 e. The number of rotatable bonds is 5. The van der Waals surface area contributed by atoms with E-state index in [1.54, 1.807) is 30.5 Å². The Morgan fingerprint density at radius 3 is 2.69 bits per heavy atom. The molecule has 36 heavy (non-hydrogen) atoms. The van der Waals surface area contributed by atoms with Crippen LogP contribution in [0.4, 0.5) is 11.6 Å². The number of benzene rings is 2. The molecule has 0 amide bonds. The molecule has 5 rings (SSSR count). The summed E-state index contributed by atoms with van der Waals surface area (Å²) in [5.41, 5.74) is 3.02. The van der Waals surface area contributed by atoms with E-state index in [1.807, 2.05) is 47.1 Å². The third-order valence-corrected chi connectivity index (χ3v) is 7.11. The van der Waals surface area contributed by atoms with Crippen molar-refractivity contribution in [3.8, 4) is 17.3 Å². The highest BCUT2D eigenvalue weighted by Crippen LogP contribution is 2.27. The number of hydrogen-bond donors (Lipinski definition) is 2. The van der Waals surface area contributed by atoms with Crippen LogP contribution in [0.25, 0.3) is 11.4 Å². The van der Waals surface area contributed by atoms with Crippen molar-refractivity contribution in [1.82, 2.24) is 19.7 Å². The summed E-state index contributed by atoms with van der Waals surface area (Å²) in [5, 5.41) is 7.87. The molecule has 0 saturated heterocycles. The monoisotopic (exact) mass is 504 g/mol. The van der Waals surface area contributed by atoms with Gasteiger partial charge in [-0.2, -0.15) is 10.1 Å². The number of aromatic nitrogens is 4. The molecule has 4 aromatic rings. The van der Waals surface area contributed by atoms with Gasteiger partial charge in [0.2, 0.25) is 11.8 Å². The van der Waals surface area contributed by atoms with Gasteiger partial charge in [0.15, 0.2) is 0 Å². The summed E-state index contributed by atoms with van der Waals surface area (Å²) in [6, 6.07) is 20.2. The minimum absolute atomic E-state index is 0.0409. The fraction of sp³-hybridized carbons (Fsp3) is 0.269. The van der Waals surface area contributed by atoms with Crippen molar-refractivity contribution in [2.24, 2.45) is 5.92 Å². The van der Waals surface area contributed by atoms with Gasteiger partial charge in [-0.15, -0.1) is 0 Å². The van der Waals surface area contributed by atoms with Crippen molar-refractivity contribution in [3.05, 3.63) is 78.5 Å². The maximum atomic E-state index is 13.2. The number of ether oxygens (including phenoxy) is 1. The number of fused-ring (bicyclic) bond motifs is 4. The van der Waals surface area contributed by atoms with Gasteiger partial charge in [-0.3, -0.25) is 4.68 Å². The van der Waals surface area contributed by atoms with Gasteiger partial charge >= 0.3 is 0 Å². The second-order valence-electron chi connectivity index (χ2n) is 9.19. The molecule has 0 radical (unpaired) electrons. The zero-order chi connectivity index (χ0) is 25.1. The fourth-order valence-electron chi connectivity index (χ4n) is 4.20. The van der Waals surface area contributed by atoms with Crippen LogP contribution in [0, 0.1) is 5.92 Å². The summed E-state index contributed by atoms with van der Waals surface area (Å²) in [7, 11) is -3.92. The van der Waals surface area contributed by atoms with Crippen LogP contribution in [-0.4, -0.2) is 40.8 Å². The SMILES string of the molecule is CC(C)C[C@@H]1COc2cc(-c3ccnn3Cc3ccccc3)nc(n2)NS(=O)(=O)c2cccc(c2)N1. The molecule has 0 spiro atoms. The predicted octanol–water partition coefficient (Wildman–Crippen LogP) is 4.41. The summed E-state index contributed by atoms with van der Waals surface area (Å²) in [5.74, 6) is 0.635. The van der Waals surface area contributed by atoms with E-state index in [4.69, 9.17) is 4.74 Å². The van der Waals surface area contributed by atoms with Gasteiger partial charge < -0.3 is 10.1 Å². The van der Waals surface area contributed by atoms with Crippen LogP contribution in [0.3, 0.4) is 0 Å². The summed E-state index contributed by atoms with van der Waals surface area (Å²) in [4.78, 5) is 9.01. The first-order valence-electron chi connectivity index (χ1n) is 11.8. The zero-order valence-electron chi connectivity index (χ0n) is 20.1. The molecule has 0 unspecified atom stereocenters. The minimum atomic E-state index is -3.92. The molecule has 1 atom stereocenters. The first kappa shape index (κ1) is 23.8. The Hall–Kier alpha value is -3.92. The Kier molecular flexibility index (Phi) is 6.60. The van der Waals surface area contributed by atoms with Gasteiger partial charge in [-0.05, 0) is 42.2 Å². The maximum Gasteiger partial charge on any atom is 0.264 e. The second-order valence-corrected chi connectivity index (χ2v) is 10.9. The van der Waals surface area contributed by atoms with Gasteiger partial charge in [-0.25, -0.2) is 18.1 Å². The molecule has 186 valence electrons. The highest BCUT2D eigenvalue weighted by molar-refractivity contribution is 7.92. The third kappa shape index (κ3) is 5.49. The van der Waals surface area contributed by atoms with Crippen LogP contribution in [0.1, 0.15) is 25.8 Å². The maximum absolute atomic E-state index is 13.2. The fourth-order valence-corrected chi connectivity index (χ4v) is 5.19. The van der Waals surface area contributed by atoms with Gasteiger partial charge in [0.25, 0.3) is 10.0 Å². The topological polar surface area (TPSA) is 111 Å². The Labute approximate surface area is 210 Å². The van der Waals surface area contributed by atoms with Crippen LogP contribution in [0.15, 0.2) is 77.8 Å². The third-order valence-electron chi connectivity index (χ3n) is 5.79. The molecule has 9 nitrogen and oxygen atoms in total. The quantitative estimate of drug-likeness (QED) is 0.414. The lowest BCUT2D eigenvalue weighted by molar-refractivity contribution is 0.271. The van der Waals surface area contributed by atoms with Crippen molar-refractivity contribution >= 4 is 21.7 Å². The summed E-state index contributed by atoms with van der Waals surface area (Å²) >= 11 is 0. The Balaban J connectivity index is 1.55. The second kappa shape index (κ2) is 9.98. The lowest BCUT2D eigenvalue weighted by Crippen LogP contribution is -2.29. The van der Waals surface area contributed by atoms with E-state index in [9.17, 15) is 8.42 Å². The molecular formula is C26H28N6O3S. The highest BCUT2D eigenvalue weighted by atomic mass is 32.2. The standard InChI is InChI=1S/C26H28N6O3S/c1-18(2)13-21-17-35-25-15-23(24-11-12-27-32(24)16-19-7-4-3-5-8-19)29-26(30-25)31-36(33,34)22-10-6-9-20(14-22)28-21/h3-12,14-15,18,21,28H,13,16-17H2,1-2H3,(H,29,30,31)/t21-/m1/s1. The van der Waals surface area contributed by atoms with Gasteiger partial charge in [-0.1, -0.05) is 50.2 Å². The molecule has 2 aromatic heterocycles. The molecule has 0 aliphatic carbocycles. The first-order valence-corrected chi connectivity index (χ1v) is 13.3. The molecule has 2 aromatic carbocycles. The van der Waals surface area contributed by atoms with Crippen LogP contribution < -0.4 is 14.8 Å². The lowest BCUT2D eigenvalue weighted by atomic mass is 10.0. The van der Waals surface area contributed by atoms with Crippen LogP contribution in [0.5, 0.6) is 5.88 Å². The van der Waals surface area contributed by atoms with Crippen LogP contribution in [0.2, 0.25) is 0 Å². The van der Waals surface area contributed by atoms with E-state index in [0.717, 1.165) is 17.7 Å². The molecule has 3 heterocycles. The first-order chi connectivity index (χ1) is 17.4. The van der Waals surface area contributed by atoms with Crippen molar-refractivity contribution in [1.29, 1.82) is 0 Å². The van der Waals surface area contributed by atoms with E-state index >= 15 is 0 Å². The largest absolute Gasteiger partial charge is 0.475 e. The number of sulfonamides is 1. The number of nitrogens with zero attached hydrogens (tertiary/aromatic N) is 4. The molecule has 2 N–H and O–H groups in total. The van der Waals surface area contributed by atoms with Gasteiger partial charge in [0.1, 0.15) is 6.61 Å². The van der Waals surface area contributed by atoms with Crippen molar-refractivity contribution in [3.63, 3.8) is 0 Å². The summed E-state index contributed by atoms with van der Waals surface area (Å²) in [6.07, 6.45) is 2.53. The van der Waals surface area contributed by atoms with Crippen LogP contribution in [-0.2, 0) is 16.6 Å². The van der Waals surface area contributed by atoms with E-state index in [0.29, 0.717) is 30.5 Å². The lowest BCUT2D eigenvalue weighted by Gasteiger charge is -2.23. The predicted molar refractivity (Wildman–Crippen MR) is 138 cm³/mol. The molecule has 0 saturated carbocycles. The van der Waals surface area contributed by atoms with Crippen LogP contribution >= 0.6 is 0 Å². The molecule has 10 heteroatoms. The Morgan fingerprint density at radius 2 is 1.89 bits per heavy atom. The van der Waals surface area contributed by atoms with Crippen molar-refractivity contribution < 1.29 is 13.2 Å². The Bertz CT molecular complexity index is 1450. The van der Waals surface area contributed by atoms with E-state index in [-0.39, 0.29) is 22.8 Å². The normalized spacial score (nSPS) is 16.7. The van der Waals surface area contributed by atoms with Crippen molar-refractivity contribution in [2.75, 3.05) is 16.6 Å². The average Bonchev–Trinajstić information content (AvgIpc) is 3.30. The van der Waals surface area contributed by atoms with Gasteiger partial charge in [0, 0.05) is 18.0 Å². The van der Waals surface area contributed by atoms with Crippen molar-refractivity contribution in [2.45, 2.75) is 37.8 Å². The highest BCUT2D eigenvalue weighted by Gasteiger charge is 2.22. The molecule has 1 aliphatic rings. The summed E-state index contributed by atoms with van der Waals surface area (Å²) in [6.45, 7) is 5.17. The minimum Gasteiger partial charge on any atom is -0.475 e. The number of anilines is 2. The molecular weight excluding hydrogens is 476 g/mol. The summed E-state index contributed by atoms with van der Waals surface area (Å²) < 4.78 is 36.8. The van der Waals surface area contributed by atoms with Gasteiger partial charge in [0.05, 0.1) is 28.9 Å². The van der Waals surface area contributed by atoms with E-state index < -0.39 is 10.0 Å². The Morgan fingerprint density at radius 1 is 1.06 bits per heavy atom. The number of hydrogen-bond acceptors (Lipinski definition) is 7. The molecule has 0 fully saturated rings. The van der Waals surface area contributed by atoms with E-state index in [2.05, 4.69) is 39.0 Å².